The molecule has 3 aromatic rings. The molecule has 5 rings (SSSR count). The molecule has 212 valence electrons. The van der Waals surface area contributed by atoms with Crippen molar-refractivity contribution in [2.24, 2.45) is 0 Å². The molecule has 3 aromatic carbocycles. The number of hydrogen-bond donors (Lipinski definition) is 1. The van der Waals surface area contributed by atoms with Crippen molar-refractivity contribution in [1.82, 2.24) is 19.4 Å². The molecule has 0 unspecified atom stereocenters. The topological polar surface area (TPSA) is 82.2 Å². The molecule has 1 N–H and O–H groups in total. The monoisotopic (exact) mass is 562 g/mol. The highest BCUT2D eigenvalue weighted by molar-refractivity contribution is 7.89. The van der Waals surface area contributed by atoms with Crippen LogP contribution < -0.4 is 5.32 Å². The van der Waals surface area contributed by atoms with E-state index in [9.17, 15) is 13.2 Å². The van der Waals surface area contributed by atoms with Gasteiger partial charge in [-0.1, -0.05) is 54.1 Å². The third-order valence-corrected chi connectivity index (χ3v) is 9.45. The molecule has 0 radical (unpaired) electrons. The number of benzene rings is 3. The zero-order chi connectivity index (χ0) is 28.0. The van der Waals surface area contributed by atoms with Crippen LogP contribution in [-0.2, 0) is 34.4 Å². The molecule has 1 amide bonds. The number of amides is 1. The van der Waals surface area contributed by atoms with E-state index in [1.807, 2.05) is 55.5 Å². The van der Waals surface area contributed by atoms with Crippen LogP contribution in [0.4, 0.5) is 0 Å². The van der Waals surface area contributed by atoms with E-state index < -0.39 is 10.0 Å². The lowest BCUT2D eigenvalue weighted by molar-refractivity contribution is 0.0342. The largest absolute Gasteiger partial charge is 0.379 e. The summed E-state index contributed by atoms with van der Waals surface area (Å²) in [5, 5.41) is 3.06. The molecule has 0 saturated carbocycles. The number of sulfonamides is 1. The summed E-state index contributed by atoms with van der Waals surface area (Å²) in [6, 6.07) is 23.1. The Hall–Kier alpha value is -3.08. The summed E-state index contributed by atoms with van der Waals surface area (Å²) in [5.74, 6) is -0.102. The number of nitrogens with one attached hydrogen (secondary N) is 1. The number of hydrogen-bond acceptors (Lipinski definition) is 6. The van der Waals surface area contributed by atoms with E-state index >= 15 is 0 Å². The summed E-state index contributed by atoms with van der Waals surface area (Å²) in [5.41, 5.74) is 5.02. The van der Waals surface area contributed by atoms with Crippen LogP contribution in [0.5, 0.6) is 0 Å². The van der Waals surface area contributed by atoms with Crippen LogP contribution >= 0.6 is 0 Å². The fourth-order valence-corrected chi connectivity index (χ4v) is 6.62. The second-order valence-electron chi connectivity index (χ2n) is 10.6. The number of rotatable bonds is 9. The van der Waals surface area contributed by atoms with Gasteiger partial charge in [-0.25, -0.2) is 8.42 Å². The third-order valence-electron chi connectivity index (χ3n) is 7.54. The Morgan fingerprint density at radius 1 is 0.775 bits per heavy atom. The molecule has 40 heavy (non-hydrogen) atoms. The zero-order valence-corrected chi connectivity index (χ0v) is 23.9. The van der Waals surface area contributed by atoms with E-state index in [0.29, 0.717) is 49.7 Å². The summed E-state index contributed by atoms with van der Waals surface area (Å²) in [6.07, 6.45) is 0. The maximum Gasteiger partial charge on any atom is 0.251 e. The lowest BCUT2D eigenvalue weighted by atomic mass is 10.1. The molecule has 0 aromatic heterocycles. The van der Waals surface area contributed by atoms with Crippen LogP contribution in [0.3, 0.4) is 0 Å². The molecule has 2 fully saturated rings. The molecule has 0 atom stereocenters. The Kier molecular flexibility index (Phi) is 9.29. The predicted molar refractivity (Wildman–Crippen MR) is 155 cm³/mol. The Bertz CT molecular complexity index is 1400. The maximum atomic E-state index is 13.0. The Balaban J connectivity index is 1.12. The quantitative estimate of drug-likeness (QED) is 0.431. The Labute approximate surface area is 237 Å². The Morgan fingerprint density at radius 2 is 1.38 bits per heavy atom. The summed E-state index contributed by atoms with van der Waals surface area (Å²) >= 11 is 0. The highest BCUT2D eigenvalue weighted by atomic mass is 32.2. The molecule has 9 heteroatoms. The number of piperazine rings is 1. The van der Waals surface area contributed by atoms with Gasteiger partial charge in [0.2, 0.25) is 10.0 Å². The SMILES string of the molecule is Cc1ccc(S(=O)(=O)N2CCN(Cc3cccc(C(=O)NCc4cccc(CN5CCOCC5)c4)c3)CC2)cc1. The van der Waals surface area contributed by atoms with Crippen LogP contribution in [-0.4, -0.2) is 80.9 Å². The first-order valence-corrected chi connectivity index (χ1v) is 15.3. The molecule has 0 bridgehead atoms. The summed E-state index contributed by atoms with van der Waals surface area (Å²) in [4.78, 5) is 17.9. The van der Waals surface area contributed by atoms with E-state index in [1.54, 1.807) is 16.4 Å². The first kappa shape index (κ1) is 28.4. The van der Waals surface area contributed by atoms with E-state index in [4.69, 9.17) is 4.74 Å². The van der Waals surface area contributed by atoms with Gasteiger partial charge in [0.1, 0.15) is 0 Å². The highest BCUT2D eigenvalue weighted by Gasteiger charge is 2.28. The highest BCUT2D eigenvalue weighted by Crippen LogP contribution is 2.19. The van der Waals surface area contributed by atoms with Gasteiger partial charge in [-0.2, -0.15) is 4.31 Å². The normalized spacial score (nSPS) is 17.5. The first-order valence-electron chi connectivity index (χ1n) is 13.9. The van der Waals surface area contributed by atoms with E-state index in [1.165, 1.54) is 5.56 Å². The predicted octanol–water partition coefficient (Wildman–Crippen LogP) is 3.26. The molecule has 2 heterocycles. The number of carbonyl (C=O) groups excluding carboxylic acids is 1. The fraction of sp³-hybridized carbons (Fsp3) is 0.387. The lowest BCUT2D eigenvalue weighted by Gasteiger charge is -2.34. The molecule has 2 aliphatic rings. The lowest BCUT2D eigenvalue weighted by Crippen LogP contribution is -2.48. The van der Waals surface area contributed by atoms with Crippen LogP contribution in [0.15, 0.2) is 77.7 Å². The second-order valence-corrected chi connectivity index (χ2v) is 12.5. The van der Waals surface area contributed by atoms with Gasteiger partial charge in [-0.15, -0.1) is 0 Å². The van der Waals surface area contributed by atoms with Crippen LogP contribution in [0, 0.1) is 6.92 Å². The Morgan fingerprint density at radius 3 is 2.08 bits per heavy atom. The number of morpholine rings is 1. The van der Waals surface area contributed by atoms with Gasteiger partial charge in [-0.3, -0.25) is 14.6 Å². The number of carbonyl (C=O) groups is 1. The molecular weight excluding hydrogens is 524 g/mol. The van der Waals surface area contributed by atoms with Crippen molar-refractivity contribution in [3.05, 3.63) is 101 Å². The third kappa shape index (κ3) is 7.35. The van der Waals surface area contributed by atoms with E-state index in [0.717, 1.165) is 49.5 Å². The zero-order valence-electron chi connectivity index (χ0n) is 23.1. The fourth-order valence-electron chi connectivity index (χ4n) is 5.20. The minimum atomic E-state index is -3.49. The molecule has 0 spiro atoms. The maximum absolute atomic E-state index is 13.0. The van der Waals surface area contributed by atoms with Crippen LogP contribution in [0.25, 0.3) is 0 Å². The number of nitrogens with zero attached hydrogens (tertiary/aromatic N) is 3. The van der Waals surface area contributed by atoms with Crippen molar-refractivity contribution in [3.8, 4) is 0 Å². The van der Waals surface area contributed by atoms with Crippen molar-refractivity contribution in [1.29, 1.82) is 0 Å². The minimum absolute atomic E-state index is 0.102. The average molecular weight is 563 g/mol. The number of aryl methyl sites for hydroxylation is 1. The van der Waals surface area contributed by atoms with Gasteiger partial charge in [0, 0.05) is 64.5 Å². The molecule has 2 saturated heterocycles. The van der Waals surface area contributed by atoms with Crippen molar-refractivity contribution < 1.29 is 17.9 Å². The molecule has 0 aliphatic carbocycles. The summed E-state index contributed by atoms with van der Waals surface area (Å²) in [7, 11) is -3.49. The summed E-state index contributed by atoms with van der Waals surface area (Å²) in [6.45, 7) is 9.59. The van der Waals surface area contributed by atoms with E-state index in [-0.39, 0.29) is 5.91 Å². The van der Waals surface area contributed by atoms with Gasteiger partial charge in [0.05, 0.1) is 18.1 Å². The molecular formula is C31H38N4O4S. The van der Waals surface area contributed by atoms with Gasteiger partial charge in [0.25, 0.3) is 5.91 Å². The van der Waals surface area contributed by atoms with Crippen LogP contribution in [0.1, 0.15) is 32.6 Å². The standard InChI is InChI=1S/C31H38N4O4S/c1-25-8-10-30(11-9-25)40(37,38)35-14-12-33(13-15-35)24-28-6-3-7-29(21-28)31(36)32-22-26-4-2-5-27(20-26)23-34-16-18-39-19-17-34/h2-11,20-21H,12-19,22-24H2,1H3,(H,32,36). The molecule has 8 nitrogen and oxygen atoms in total. The average Bonchev–Trinajstić information content (AvgIpc) is 2.97. The van der Waals surface area contributed by atoms with E-state index in [2.05, 4.69) is 27.2 Å². The van der Waals surface area contributed by atoms with Gasteiger partial charge >= 0.3 is 0 Å². The molecule has 2 aliphatic heterocycles. The van der Waals surface area contributed by atoms with Gasteiger partial charge in [-0.05, 0) is 47.9 Å². The summed E-state index contributed by atoms with van der Waals surface area (Å²) < 4.78 is 33.0. The van der Waals surface area contributed by atoms with Gasteiger partial charge in [0.15, 0.2) is 0 Å². The first-order chi connectivity index (χ1) is 19.4. The van der Waals surface area contributed by atoms with Crippen LogP contribution in [0.2, 0.25) is 0 Å². The smallest absolute Gasteiger partial charge is 0.251 e. The van der Waals surface area contributed by atoms with Crippen molar-refractivity contribution >= 4 is 15.9 Å². The van der Waals surface area contributed by atoms with Crippen molar-refractivity contribution in [3.63, 3.8) is 0 Å². The second kappa shape index (κ2) is 13.1. The van der Waals surface area contributed by atoms with Crippen molar-refractivity contribution in [2.75, 3.05) is 52.5 Å². The minimum Gasteiger partial charge on any atom is -0.379 e. The van der Waals surface area contributed by atoms with Gasteiger partial charge < -0.3 is 10.1 Å². The number of ether oxygens (including phenoxy) is 1. The van der Waals surface area contributed by atoms with Crippen molar-refractivity contribution in [2.45, 2.75) is 31.5 Å².